The van der Waals surface area contributed by atoms with Crippen LogP contribution in [-0.4, -0.2) is 24.2 Å². The van der Waals surface area contributed by atoms with E-state index in [2.05, 4.69) is 0 Å². The zero-order valence-electron chi connectivity index (χ0n) is 8.84. The lowest BCUT2D eigenvalue weighted by atomic mass is 10.1. The molecule has 0 atom stereocenters. The maximum atomic E-state index is 10.2. The Morgan fingerprint density at radius 3 is 2.44 bits per heavy atom. The van der Waals surface area contributed by atoms with Crippen molar-refractivity contribution < 1.29 is 19.5 Å². The molecule has 0 saturated carbocycles. The van der Waals surface area contributed by atoms with Crippen molar-refractivity contribution in [2.75, 3.05) is 14.2 Å². The van der Waals surface area contributed by atoms with Gasteiger partial charge in [-0.3, -0.25) is 10.1 Å². The number of rotatable bonds is 4. The highest BCUT2D eigenvalue weighted by molar-refractivity contribution is 5.62. The third-order valence-corrected chi connectivity index (χ3v) is 1.91. The second-order valence-corrected chi connectivity index (χ2v) is 2.87. The van der Waals surface area contributed by atoms with Crippen LogP contribution in [0.4, 0.5) is 0 Å². The third-order valence-electron chi connectivity index (χ3n) is 1.91. The monoisotopic (exact) mass is 225 g/mol. The molecule has 1 aromatic rings. The highest BCUT2D eigenvalue weighted by atomic mass is 16.6. The van der Waals surface area contributed by atoms with Crippen LogP contribution < -0.4 is 9.47 Å². The minimum absolute atomic E-state index is 0.105. The summed E-state index contributed by atoms with van der Waals surface area (Å²) in [6.45, 7) is 0. The molecule has 0 bridgehead atoms. The van der Waals surface area contributed by atoms with E-state index in [1.54, 1.807) is 0 Å². The van der Waals surface area contributed by atoms with Crippen molar-refractivity contribution in [1.29, 1.82) is 0 Å². The molecule has 0 aliphatic carbocycles. The standard InChI is InChI=1S/C10H11NO5/c1-15-9-6-10(16-2)8(12)5-7(9)3-4-11(13)14/h3-6,12H,1-2H3/b4-3+. The van der Waals surface area contributed by atoms with E-state index in [-0.39, 0.29) is 11.5 Å². The Labute approximate surface area is 91.9 Å². The Balaban J connectivity index is 3.18. The highest BCUT2D eigenvalue weighted by Gasteiger charge is 2.09. The number of phenols is 1. The van der Waals surface area contributed by atoms with Crippen LogP contribution in [0.15, 0.2) is 18.3 Å². The van der Waals surface area contributed by atoms with Gasteiger partial charge in [0, 0.05) is 17.7 Å². The first kappa shape index (κ1) is 11.8. The number of nitro groups is 1. The van der Waals surface area contributed by atoms with Crippen molar-refractivity contribution >= 4 is 6.08 Å². The lowest BCUT2D eigenvalue weighted by molar-refractivity contribution is -0.400. The van der Waals surface area contributed by atoms with Crippen molar-refractivity contribution in [3.63, 3.8) is 0 Å². The zero-order valence-corrected chi connectivity index (χ0v) is 8.84. The second-order valence-electron chi connectivity index (χ2n) is 2.87. The van der Waals surface area contributed by atoms with E-state index in [1.165, 1.54) is 32.4 Å². The Morgan fingerprint density at radius 2 is 1.94 bits per heavy atom. The number of aromatic hydroxyl groups is 1. The molecule has 0 spiro atoms. The van der Waals surface area contributed by atoms with E-state index < -0.39 is 4.92 Å². The molecule has 1 N–H and O–H groups in total. The highest BCUT2D eigenvalue weighted by Crippen LogP contribution is 2.34. The molecule has 16 heavy (non-hydrogen) atoms. The van der Waals surface area contributed by atoms with Crippen molar-refractivity contribution in [2.24, 2.45) is 0 Å². The Hall–Kier alpha value is -2.24. The van der Waals surface area contributed by atoms with E-state index in [0.717, 1.165) is 6.20 Å². The number of hydrogen-bond donors (Lipinski definition) is 1. The molecule has 6 nitrogen and oxygen atoms in total. The van der Waals surface area contributed by atoms with Gasteiger partial charge in [0.2, 0.25) is 6.20 Å². The van der Waals surface area contributed by atoms with Crippen LogP contribution in [0.25, 0.3) is 6.08 Å². The second kappa shape index (κ2) is 5.01. The largest absolute Gasteiger partial charge is 0.504 e. The molecule has 0 heterocycles. The fourth-order valence-corrected chi connectivity index (χ4v) is 1.18. The summed E-state index contributed by atoms with van der Waals surface area (Å²) >= 11 is 0. The van der Waals surface area contributed by atoms with Gasteiger partial charge in [0.25, 0.3) is 0 Å². The van der Waals surface area contributed by atoms with Gasteiger partial charge in [-0.2, -0.15) is 0 Å². The SMILES string of the molecule is COc1cc(OC)c(/C=C/[N+](=O)[O-])cc1O. The summed E-state index contributed by atoms with van der Waals surface area (Å²) in [5.41, 5.74) is 0.400. The summed E-state index contributed by atoms with van der Waals surface area (Å²) in [6, 6.07) is 2.78. The van der Waals surface area contributed by atoms with Gasteiger partial charge in [0.1, 0.15) is 5.75 Å². The molecule has 0 aromatic heterocycles. The van der Waals surface area contributed by atoms with Gasteiger partial charge in [0.15, 0.2) is 11.5 Å². The fourth-order valence-electron chi connectivity index (χ4n) is 1.18. The van der Waals surface area contributed by atoms with E-state index in [1.807, 2.05) is 0 Å². The molecule has 0 radical (unpaired) electrons. The van der Waals surface area contributed by atoms with E-state index in [9.17, 15) is 15.2 Å². The van der Waals surface area contributed by atoms with Gasteiger partial charge in [-0.25, -0.2) is 0 Å². The molecule has 1 rings (SSSR count). The number of hydrogen-bond acceptors (Lipinski definition) is 5. The van der Waals surface area contributed by atoms with Crippen LogP contribution in [0.5, 0.6) is 17.2 Å². The zero-order chi connectivity index (χ0) is 12.1. The average Bonchev–Trinajstić information content (AvgIpc) is 2.26. The molecule has 86 valence electrons. The van der Waals surface area contributed by atoms with Gasteiger partial charge in [-0.05, 0) is 6.07 Å². The Kier molecular flexibility index (Phi) is 3.71. The summed E-state index contributed by atoms with van der Waals surface area (Å²) in [5.74, 6) is 0.522. The lowest BCUT2D eigenvalue weighted by Gasteiger charge is -2.08. The number of methoxy groups -OCH3 is 2. The van der Waals surface area contributed by atoms with E-state index in [4.69, 9.17) is 9.47 Å². The summed E-state index contributed by atoms with van der Waals surface area (Å²) in [4.78, 5) is 9.57. The first-order valence-electron chi connectivity index (χ1n) is 4.35. The minimum Gasteiger partial charge on any atom is -0.504 e. The molecule has 0 unspecified atom stereocenters. The fraction of sp³-hybridized carbons (Fsp3) is 0.200. The van der Waals surface area contributed by atoms with E-state index >= 15 is 0 Å². The van der Waals surface area contributed by atoms with Crippen LogP contribution in [-0.2, 0) is 0 Å². The van der Waals surface area contributed by atoms with Crippen molar-refractivity contribution in [3.05, 3.63) is 34.0 Å². The molecule has 0 fully saturated rings. The molecule has 1 aromatic carbocycles. The maximum absolute atomic E-state index is 10.2. The van der Waals surface area contributed by atoms with E-state index in [0.29, 0.717) is 11.3 Å². The minimum atomic E-state index is -0.597. The van der Waals surface area contributed by atoms with Crippen LogP contribution in [0, 0.1) is 10.1 Å². The third kappa shape index (κ3) is 2.63. The van der Waals surface area contributed by atoms with Crippen molar-refractivity contribution in [2.45, 2.75) is 0 Å². The van der Waals surface area contributed by atoms with Gasteiger partial charge in [-0.1, -0.05) is 0 Å². The van der Waals surface area contributed by atoms with Gasteiger partial charge < -0.3 is 14.6 Å². The lowest BCUT2D eigenvalue weighted by Crippen LogP contribution is -1.91. The van der Waals surface area contributed by atoms with Gasteiger partial charge in [0.05, 0.1) is 19.1 Å². The van der Waals surface area contributed by atoms with Gasteiger partial charge in [-0.15, -0.1) is 0 Å². The first-order chi connectivity index (χ1) is 7.58. The smallest absolute Gasteiger partial charge is 0.235 e. The molecule has 0 saturated heterocycles. The number of benzene rings is 1. The predicted molar refractivity (Wildman–Crippen MR) is 57.2 cm³/mol. The Bertz CT molecular complexity index is 427. The first-order valence-corrected chi connectivity index (χ1v) is 4.35. The molecule has 0 aliphatic heterocycles. The summed E-state index contributed by atoms with van der Waals surface area (Å²) in [5, 5.41) is 19.7. The average molecular weight is 225 g/mol. The predicted octanol–water partition coefficient (Wildman–Crippen LogP) is 1.66. The molecular weight excluding hydrogens is 214 g/mol. The Morgan fingerprint density at radius 1 is 1.31 bits per heavy atom. The molecule has 0 amide bonds. The van der Waals surface area contributed by atoms with Gasteiger partial charge >= 0.3 is 0 Å². The van der Waals surface area contributed by atoms with Crippen LogP contribution in [0.2, 0.25) is 0 Å². The van der Waals surface area contributed by atoms with Crippen LogP contribution >= 0.6 is 0 Å². The van der Waals surface area contributed by atoms with Crippen LogP contribution in [0.1, 0.15) is 5.56 Å². The molecule has 6 heteroatoms. The summed E-state index contributed by atoms with van der Waals surface area (Å²) in [7, 11) is 2.83. The topological polar surface area (TPSA) is 81.8 Å². The number of phenolic OH excluding ortho intramolecular Hbond substituents is 1. The normalized spacial score (nSPS) is 10.4. The quantitative estimate of drug-likeness (QED) is 0.622. The molecular formula is C10H11NO5. The van der Waals surface area contributed by atoms with Crippen molar-refractivity contribution in [1.82, 2.24) is 0 Å². The number of ether oxygens (including phenoxy) is 2. The molecule has 0 aliphatic rings. The number of nitrogens with zero attached hydrogens (tertiary/aromatic N) is 1. The maximum Gasteiger partial charge on any atom is 0.235 e. The summed E-state index contributed by atoms with van der Waals surface area (Å²) in [6.07, 6.45) is 2.00. The van der Waals surface area contributed by atoms with Crippen LogP contribution in [0.3, 0.4) is 0 Å². The summed E-state index contributed by atoms with van der Waals surface area (Å²) < 4.78 is 9.89. The van der Waals surface area contributed by atoms with Crippen molar-refractivity contribution in [3.8, 4) is 17.2 Å².